The van der Waals surface area contributed by atoms with Crippen LogP contribution in [0.3, 0.4) is 0 Å². The van der Waals surface area contributed by atoms with E-state index in [1.807, 2.05) is 0 Å². The third-order valence-electron chi connectivity index (χ3n) is 4.66. The zero-order valence-corrected chi connectivity index (χ0v) is 12.0. The Labute approximate surface area is 112 Å². The molecule has 1 aliphatic heterocycles. The van der Waals surface area contributed by atoms with Crippen molar-refractivity contribution in [1.82, 2.24) is 4.90 Å². The van der Waals surface area contributed by atoms with E-state index in [0.29, 0.717) is 6.10 Å². The van der Waals surface area contributed by atoms with Crippen LogP contribution in [0.25, 0.3) is 0 Å². The van der Waals surface area contributed by atoms with Gasteiger partial charge in [-0.2, -0.15) is 0 Å². The normalized spacial score (nSPS) is 30.0. The van der Waals surface area contributed by atoms with Crippen molar-refractivity contribution in [1.29, 1.82) is 0 Å². The first kappa shape index (κ1) is 14.3. The summed E-state index contributed by atoms with van der Waals surface area (Å²) in [5.41, 5.74) is 6.66. The SMILES string of the molecule is CCC1CN(CCC2(N)CCCCC2)CCCO1. The van der Waals surface area contributed by atoms with Crippen molar-refractivity contribution in [2.75, 3.05) is 26.2 Å². The largest absolute Gasteiger partial charge is 0.377 e. The molecule has 2 aliphatic rings. The molecule has 0 amide bonds. The number of ether oxygens (including phenoxy) is 1. The maximum absolute atomic E-state index is 6.52. The fourth-order valence-electron chi connectivity index (χ4n) is 3.31. The molecule has 1 saturated heterocycles. The van der Waals surface area contributed by atoms with Gasteiger partial charge < -0.3 is 15.4 Å². The highest BCUT2D eigenvalue weighted by molar-refractivity contribution is 4.88. The summed E-state index contributed by atoms with van der Waals surface area (Å²) in [6.07, 6.45) is 10.4. The molecule has 1 aliphatic carbocycles. The van der Waals surface area contributed by atoms with Crippen LogP contribution in [-0.4, -0.2) is 42.8 Å². The Kier molecular flexibility index (Phi) is 5.46. The van der Waals surface area contributed by atoms with Gasteiger partial charge >= 0.3 is 0 Å². The van der Waals surface area contributed by atoms with E-state index >= 15 is 0 Å². The third kappa shape index (κ3) is 4.22. The minimum atomic E-state index is 0.132. The van der Waals surface area contributed by atoms with Crippen LogP contribution in [-0.2, 0) is 4.74 Å². The Morgan fingerprint density at radius 1 is 1.22 bits per heavy atom. The van der Waals surface area contributed by atoms with E-state index in [2.05, 4.69) is 11.8 Å². The molecule has 0 bridgehead atoms. The molecule has 2 fully saturated rings. The van der Waals surface area contributed by atoms with Crippen LogP contribution in [0.5, 0.6) is 0 Å². The molecule has 18 heavy (non-hydrogen) atoms. The van der Waals surface area contributed by atoms with E-state index in [9.17, 15) is 0 Å². The molecule has 106 valence electrons. The second-order valence-electron chi connectivity index (χ2n) is 6.23. The van der Waals surface area contributed by atoms with Crippen LogP contribution >= 0.6 is 0 Å². The van der Waals surface area contributed by atoms with E-state index in [1.165, 1.54) is 51.5 Å². The molecular formula is C15H30N2O. The Morgan fingerprint density at radius 2 is 2.00 bits per heavy atom. The van der Waals surface area contributed by atoms with E-state index in [4.69, 9.17) is 10.5 Å². The topological polar surface area (TPSA) is 38.5 Å². The van der Waals surface area contributed by atoms with Crippen molar-refractivity contribution in [3.63, 3.8) is 0 Å². The van der Waals surface area contributed by atoms with Crippen molar-refractivity contribution < 1.29 is 4.74 Å². The Bertz CT molecular complexity index is 239. The van der Waals surface area contributed by atoms with Gasteiger partial charge in [-0.15, -0.1) is 0 Å². The first-order valence-electron chi connectivity index (χ1n) is 7.85. The highest BCUT2D eigenvalue weighted by Crippen LogP contribution is 2.29. The summed E-state index contributed by atoms with van der Waals surface area (Å²) in [4.78, 5) is 2.57. The summed E-state index contributed by atoms with van der Waals surface area (Å²) in [7, 11) is 0. The zero-order valence-electron chi connectivity index (χ0n) is 12.0. The second-order valence-corrected chi connectivity index (χ2v) is 6.23. The molecule has 1 saturated carbocycles. The van der Waals surface area contributed by atoms with Gasteiger partial charge in [-0.25, -0.2) is 0 Å². The Hall–Kier alpha value is -0.120. The summed E-state index contributed by atoms with van der Waals surface area (Å²) in [5, 5.41) is 0. The molecule has 2 rings (SSSR count). The van der Waals surface area contributed by atoms with Gasteiger partial charge in [-0.3, -0.25) is 0 Å². The van der Waals surface area contributed by atoms with Gasteiger partial charge in [-0.1, -0.05) is 26.2 Å². The Morgan fingerprint density at radius 3 is 2.72 bits per heavy atom. The molecule has 1 unspecified atom stereocenters. The van der Waals surface area contributed by atoms with Crippen molar-refractivity contribution in [2.45, 2.75) is 69.9 Å². The molecule has 1 heterocycles. The van der Waals surface area contributed by atoms with E-state index < -0.39 is 0 Å². The fraction of sp³-hybridized carbons (Fsp3) is 1.00. The van der Waals surface area contributed by atoms with Gasteiger partial charge in [0.25, 0.3) is 0 Å². The molecule has 2 N–H and O–H groups in total. The van der Waals surface area contributed by atoms with Crippen LogP contribution in [0.2, 0.25) is 0 Å². The molecule has 0 aromatic rings. The van der Waals surface area contributed by atoms with Crippen LogP contribution < -0.4 is 5.73 Å². The molecule has 3 heteroatoms. The standard InChI is InChI=1S/C15H30N2O/c1-2-14-13-17(10-6-12-18-14)11-9-15(16)7-4-3-5-8-15/h14H,2-13,16H2,1H3. The van der Waals surface area contributed by atoms with Crippen LogP contribution in [0, 0.1) is 0 Å². The highest BCUT2D eigenvalue weighted by atomic mass is 16.5. The predicted octanol–water partition coefficient (Wildman–Crippen LogP) is 2.54. The van der Waals surface area contributed by atoms with Gasteiger partial charge in [0.1, 0.15) is 0 Å². The minimum Gasteiger partial charge on any atom is -0.377 e. The third-order valence-corrected chi connectivity index (χ3v) is 4.66. The molecule has 1 atom stereocenters. The first-order valence-corrected chi connectivity index (χ1v) is 7.85. The first-order chi connectivity index (χ1) is 8.72. The number of nitrogens with zero attached hydrogens (tertiary/aromatic N) is 1. The molecular weight excluding hydrogens is 224 g/mol. The van der Waals surface area contributed by atoms with Gasteiger partial charge in [0.15, 0.2) is 0 Å². The van der Waals surface area contributed by atoms with Crippen molar-refractivity contribution in [3.8, 4) is 0 Å². The minimum absolute atomic E-state index is 0.132. The summed E-state index contributed by atoms with van der Waals surface area (Å²) < 4.78 is 5.83. The van der Waals surface area contributed by atoms with E-state index in [-0.39, 0.29) is 5.54 Å². The van der Waals surface area contributed by atoms with Crippen molar-refractivity contribution in [2.24, 2.45) is 5.73 Å². The zero-order chi connectivity index (χ0) is 12.8. The maximum atomic E-state index is 6.52. The van der Waals surface area contributed by atoms with E-state index in [1.54, 1.807) is 0 Å². The number of hydrogen-bond donors (Lipinski definition) is 1. The lowest BCUT2D eigenvalue weighted by atomic mass is 9.80. The van der Waals surface area contributed by atoms with Gasteiger partial charge in [0, 0.05) is 25.2 Å². The average Bonchev–Trinajstić information content (AvgIpc) is 2.62. The molecule has 3 nitrogen and oxygen atoms in total. The second kappa shape index (κ2) is 6.88. The number of rotatable bonds is 4. The predicted molar refractivity (Wildman–Crippen MR) is 75.7 cm³/mol. The van der Waals surface area contributed by atoms with Crippen LogP contribution in [0.1, 0.15) is 58.3 Å². The van der Waals surface area contributed by atoms with Crippen molar-refractivity contribution >= 4 is 0 Å². The molecule has 0 radical (unpaired) electrons. The van der Waals surface area contributed by atoms with Gasteiger partial charge in [0.05, 0.1) is 6.10 Å². The molecule has 0 aromatic heterocycles. The smallest absolute Gasteiger partial charge is 0.0699 e. The van der Waals surface area contributed by atoms with Crippen molar-refractivity contribution in [3.05, 3.63) is 0 Å². The van der Waals surface area contributed by atoms with Gasteiger partial charge in [0.2, 0.25) is 0 Å². The lowest BCUT2D eigenvalue weighted by molar-refractivity contribution is 0.0506. The molecule has 0 aromatic carbocycles. The van der Waals surface area contributed by atoms with Crippen LogP contribution in [0.4, 0.5) is 0 Å². The number of hydrogen-bond acceptors (Lipinski definition) is 3. The lowest BCUT2D eigenvalue weighted by Gasteiger charge is -2.35. The summed E-state index contributed by atoms with van der Waals surface area (Å²) in [5.74, 6) is 0. The average molecular weight is 254 g/mol. The van der Waals surface area contributed by atoms with E-state index in [0.717, 1.165) is 26.1 Å². The highest BCUT2D eigenvalue weighted by Gasteiger charge is 2.28. The molecule has 0 spiro atoms. The Balaban J connectivity index is 1.77. The number of nitrogens with two attached hydrogens (primary N) is 1. The van der Waals surface area contributed by atoms with Gasteiger partial charge in [-0.05, 0) is 38.6 Å². The summed E-state index contributed by atoms with van der Waals surface area (Å²) >= 11 is 0. The summed E-state index contributed by atoms with van der Waals surface area (Å²) in [6.45, 7) is 6.61. The quantitative estimate of drug-likeness (QED) is 0.838. The van der Waals surface area contributed by atoms with Crippen LogP contribution in [0.15, 0.2) is 0 Å². The summed E-state index contributed by atoms with van der Waals surface area (Å²) in [6, 6.07) is 0. The fourth-order valence-corrected chi connectivity index (χ4v) is 3.31. The monoisotopic (exact) mass is 254 g/mol. The maximum Gasteiger partial charge on any atom is 0.0699 e. The lowest BCUT2D eigenvalue weighted by Crippen LogP contribution is -2.45.